The van der Waals surface area contributed by atoms with Crippen molar-refractivity contribution in [1.29, 1.82) is 0 Å². The molecule has 76 valence electrons. The second-order valence-electron chi connectivity index (χ2n) is 2.27. The molecule has 0 aromatic heterocycles. The Hall–Kier alpha value is -1.70. The van der Waals surface area contributed by atoms with Crippen molar-refractivity contribution in [2.24, 2.45) is 0 Å². The largest absolute Gasteiger partial charge is 0.472 e. The van der Waals surface area contributed by atoms with Crippen molar-refractivity contribution in [1.82, 2.24) is 0 Å². The van der Waals surface area contributed by atoms with Crippen LogP contribution in [-0.4, -0.2) is 17.3 Å². The molecule has 0 heterocycles. The Balaban J connectivity index is 4.67. The number of allylic oxidation sites excluding steroid dienone is 3. The van der Waals surface area contributed by atoms with Crippen molar-refractivity contribution in [3.8, 4) is 11.8 Å². The fraction of sp³-hybridized carbons (Fsp3) is 0.222. The molecule has 0 radical (unpaired) electrons. The maximum atomic E-state index is 11.9. The van der Waals surface area contributed by atoms with Crippen molar-refractivity contribution in [2.75, 3.05) is 0 Å². The van der Waals surface area contributed by atoms with E-state index >= 15 is 0 Å². The maximum absolute atomic E-state index is 11.9. The summed E-state index contributed by atoms with van der Waals surface area (Å²) in [5.74, 6) is 2.03. The third kappa shape index (κ3) is 6.98. The zero-order chi connectivity index (χ0) is 11.2. The molecular weight excluding hydrogens is 197 g/mol. The summed E-state index contributed by atoms with van der Waals surface area (Å²) >= 11 is 0. The fourth-order valence-corrected chi connectivity index (χ4v) is 0.637. The number of carboxylic acid groups (broad SMARTS) is 1. The molecule has 0 saturated heterocycles. The number of rotatable bonds is 2. The third-order valence-corrected chi connectivity index (χ3v) is 1.04. The van der Waals surface area contributed by atoms with Crippen molar-refractivity contribution < 1.29 is 23.1 Å². The van der Waals surface area contributed by atoms with E-state index in [4.69, 9.17) is 5.11 Å². The van der Waals surface area contributed by atoms with E-state index in [0.717, 1.165) is 12.2 Å². The minimum absolute atomic E-state index is 0.324. The highest BCUT2D eigenvalue weighted by molar-refractivity contribution is 5.87. The second-order valence-corrected chi connectivity index (χ2v) is 2.27. The number of alkyl halides is 3. The summed E-state index contributed by atoms with van der Waals surface area (Å²) in [6, 6.07) is 0. The molecule has 0 amide bonds. The lowest BCUT2D eigenvalue weighted by Crippen LogP contribution is -2.08. The molecule has 0 rings (SSSR count). The number of aliphatic carboxylic acids is 1. The Morgan fingerprint density at radius 3 is 2.36 bits per heavy atom. The van der Waals surface area contributed by atoms with Gasteiger partial charge >= 0.3 is 12.1 Å². The molecule has 0 atom stereocenters. The quantitative estimate of drug-likeness (QED) is 0.552. The molecular formula is C9H7F3O2. The highest BCUT2D eigenvalue weighted by Gasteiger charge is 2.28. The second kappa shape index (κ2) is 5.12. The van der Waals surface area contributed by atoms with Crippen molar-refractivity contribution >= 4 is 5.97 Å². The van der Waals surface area contributed by atoms with Gasteiger partial charge in [0.15, 0.2) is 0 Å². The van der Waals surface area contributed by atoms with E-state index in [1.54, 1.807) is 5.92 Å². The van der Waals surface area contributed by atoms with Crippen molar-refractivity contribution in [3.63, 3.8) is 0 Å². The molecule has 0 saturated carbocycles. The van der Waals surface area contributed by atoms with Gasteiger partial charge in [-0.05, 0) is 0 Å². The van der Waals surface area contributed by atoms with Crippen LogP contribution in [0.25, 0.3) is 0 Å². The Labute approximate surface area is 78.7 Å². The zero-order valence-corrected chi connectivity index (χ0v) is 7.06. The van der Waals surface area contributed by atoms with Crippen LogP contribution in [0.5, 0.6) is 0 Å². The first-order valence-corrected chi connectivity index (χ1v) is 3.48. The van der Waals surface area contributed by atoms with Crippen LogP contribution in [0.2, 0.25) is 0 Å². The van der Waals surface area contributed by atoms with Gasteiger partial charge in [-0.1, -0.05) is 24.7 Å². The topological polar surface area (TPSA) is 37.3 Å². The predicted octanol–water partition coefficient (Wildman–Crippen LogP) is 2.14. The summed E-state index contributed by atoms with van der Waals surface area (Å²) in [6.07, 6.45) is -3.50. The van der Waals surface area contributed by atoms with Gasteiger partial charge in [0.05, 0.1) is 6.42 Å². The van der Waals surface area contributed by atoms with Crippen LogP contribution < -0.4 is 0 Å². The minimum Gasteiger partial charge on any atom is -0.472 e. The van der Waals surface area contributed by atoms with Crippen LogP contribution in [-0.2, 0) is 4.79 Å². The molecule has 0 spiro atoms. The molecule has 14 heavy (non-hydrogen) atoms. The van der Waals surface area contributed by atoms with Gasteiger partial charge in [0.1, 0.15) is 0 Å². The van der Waals surface area contributed by atoms with Crippen LogP contribution in [0.3, 0.4) is 0 Å². The average molecular weight is 204 g/mol. The SMILES string of the molecule is C=C/C=C(/C#CC(=O)O)CC(F)(F)F. The van der Waals surface area contributed by atoms with E-state index in [1.807, 2.05) is 5.92 Å². The van der Waals surface area contributed by atoms with Gasteiger partial charge in [-0.15, -0.1) is 0 Å². The van der Waals surface area contributed by atoms with E-state index in [9.17, 15) is 18.0 Å². The Morgan fingerprint density at radius 2 is 2.00 bits per heavy atom. The van der Waals surface area contributed by atoms with E-state index in [2.05, 4.69) is 6.58 Å². The summed E-state index contributed by atoms with van der Waals surface area (Å²) in [6.45, 7) is 3.20. The zero-order valence-electron chi connectivity index (χ0n) is 7.06. The molecule has 0 bridgehead atoms. The van der Waals surface area contributed by atoms with Gasteiger partial charge in [-0.25, -0.2) is 4.79 Å². The van der Waals surface area contributed by atoms with Crippen LogP contribution in [0.1, 0.15) is 6.42 Å². The van der Waals surface area contributed by atoms with E-state index in [1.165, 1.54) is 0 Å². The lowest BCUT2D eigenvalue weighted by Gasteiger charge is -2.03. The standard InChI is InChI=1S/C9H7F3O2/c1-2-3-7(4-5-8(13)14)6-9(10,11)12/h2-3H,1,6H2,(H,13,14)/b7-3-. The molecule has 0 aromatic carbocycles. The van der Waals surface area contributed by atoms with E-state index < -0.39 is 18.6 Å². The predicted molar refractivity (Wildman–Crippen MR) is 44.4 cm³/mol. The van der Waals surface area contributed by atoms with Crippen molar-refractivity contribution in [3.05, 3.63) is 24.3 Å². The highest BCUT2D eigenvalue weighted by atomic mass is 19.4. The van der Waals surface area contributed by atoms with Crippen LogP contribution in [0.15, 0.2) is 24.3 Å². The molecule has 0 aliphatic rings. The number of carbonyl (C=O) groups is 1. The van der Waals surface area contributed by atoms with Crippen LogP contribution in [0.4, 0.5) is 13.2 Å². The van der Waals surface area contributed by atoms with Gasteiger partial charge in [-0.2, -0.15) is 13.2 Å². The van der Waals surface area contributed by atoms with Crippen LogP contribution in [0, 0.1) is 11.8 Å². The van der Waals surface area contributed by atoms with Crippen LogP contribution >= 0.6 is 0 Å². The smallest absolute Gasteiger partial charge is 0.393 e. The summed E-state index contributed by atoms with van der Waals surface area (Å²) in [4.78, 5) is 9.97. The molecule has 0 aromatic rings. The molecule has 5 heteroatoms. The Kier molecular flexibility index (Phi) is 4.50. The Bertz CT molecular complexity index is 315. The first-order valence-electron chi connectivity index (χ1n) is 3.48. The van der Waals surface area contributed by atoms with Crippen molar-refractivity contribution in [2.45, 2.75) is 12.6 Å². The first kappa shape index (κ1) is 12.3. The molecule has 2 nitrogen and oxygen atoms in total. The molecule has 0 aliphatic carbocycles. The molecule has 1 N–H and O–H groups in total. The number of carboxylic acids is 1. The summed E-state index contributed by atoms with van der Waals surface area (Å²) in [5.41, 5.74) is -0.324. The highest BCUT2D eigenvalue weighted by Crippen LogP contribution is 2.23. The number of halogens is 3. The van der Waals surface area contributed by atoms with Gasteiger partial charge < -0.3 is 5.11 Å². The monoisotopic (exact) mass is 204 g/mol. The molecule has 0 unspecified atom stereocenters. The van der Waals surface area contributed by atoms with Gasteiger partial charge in [0.25, 0.3) is 0 Å². The third-order valence-electron chi connectivity index (χ3n) is 1.04. The van der Waals surface area contributed by atoms with Gasteiger partial charge in [0, 0.05) is 11.5 Å². The summed E-state index contributed by atoms with van der Waals surface area (Å²) in [7, 11) is 0. The normalized spacial score (nSPS) is 11.5. The fourth-order valence-electron chi connectivity index (χ4n) is 0.637. The maximum Gasteiger partial charge on any atom is 0.393 e. The lowest BCUT2D eigenvalue weighted by atomic mass is 10.1. The van der Waals surface area contributed by atoms with Gasteiger partial charge in [0.2, 0.25) is 0 Å². The molecule has 0 aliphatic heterocycles. The van der Waals surface area contributed by atoms with E-state index in [0.29, 0.717) is 0 Å². The minimum atomic E-state index is -4.40. The number of hydrogen-bond acceptors (Lipinski definition) is 1. The average Bonchev–Trinajstić information content (AvgIpc) is 1.98. The lowest BCUT2D eigenvalue weighted by molar-refractivity contribution is -0.130. The summed E-state index contributed by atoms with van der Waals surface area (Å²) in [5, 5.41) is 8.12. The first-order chi connectivity index (χ1) is 6.35. The number of hydrogen-bond donors (Lipinski definition) is 1. The van der Waals surface area contributed by atoms with Gasteiger partial charge in [-0.3, -0.25) is 0 Å². The molecule has 0 fully saturated rings. The summed E-state index contributed by atoms with van der Waals surface area (Å²) < 4.78 is 35.6. The Morgan fingerprint density at radius 1 is 1.43 bits per heavy atom. The van der Waals surface area contributed by atoms with E-state index in [-0.39, 0.29) is 5.57 Å².